The molecule has 1 atom stereocenters. The summed E-state index contributed by atoms with van der Waals surface area (Å²) in [6, 6.07) is 5.24. The van der Waals surface area contributed by atoms with Crippen LogP contribution < -0.4 is 10.6 Å². The van der Waals surface area contributed by atoms with Crippen LogP contribution in [0.25, 0.3) is 0 Å². The van der Waals surface area contributed by atoms with Crippen LogP contribution in [0.5, 0.6) is 0 Å². The summed E-state index contributed by atoms with van der Waals surface area (Å²) in [5, 5.41) is 6.95. The van der Waals surface area contributed by atoms with Gasteiger partial charge in [-0.25, -0.2) is 0 Å². The number of benzene rings is 1. The van der Waals surface area contributed by atoms with E-state index in [0.717, 1.165) is 25.9 Å². The van der Waals surface area contributed by atoms with Gasteiger partial charge in [0.25, 0.3) is 5.91 Å². The fourth-order valence-electron chi connectivity index (χ4n) is 4.08. The molecule has 150 valence electrons. The monoisotopic (exact) mass is 410 g/mol. The van der Waals surface area contributed by atoms with Crippen LogP contribution in [0.3, 0.4) is 0 Å². The number of amides is 1. The highest BCUT2D eigenvalue weighted by Gasteiger charge is 2.23. The Morgan fingerprint density at radius 2 is 1.74 bits per heavy atom. The van der Waals surface area contributed by atoms with Gasteiger partial charge in [0.1, 0.15) is 0 Å². The first kappa shape index (κ1) is 20.8. The van der Waals surface area contributed by atoms with Crippen LogP contribution in [0.2, 0.25) is 5.02 Å². The van der Waals surface area contributed by atoms with E-state index in [1.807, 2.05) is 0 Å². The van der Waals surface area contributed by atoms with Gasteiger partial charge in [0.2, 0.25) is 0 Å². The minimum absolute atomic E-state index is 0.147. The third kappa shape index (κ3) is 6.03. The molecule has 1 aromatic rings. The summed E-state index contributed by atoms with van der Waals surface area (Å²) in [7, 11) is -1.10. The van der Waals surface area contributed by atoms with Crippen molar-refractivity contribution in [2.45, 2.75) is 67.9 Å². The molecule has 2 N–H and O–H groups in total. The van der Waals surface area contributed by atoms with Crippen molar-refractivity contribution >= 4 is 28.3 Å². The zero-order chi connectivity index (χ0) is 19.1. The van der Waals surface area contributed by atoms with Gasteiger partial charge in [-0.2, -0.15) is 0 Å². The first-order valence-electron chi connectivity index (χ1n) is 10.3. The molecule has 1 heterocycles. The number of nitrogens with one attached hydrogen (secondary N) is 2. The van der Waals surface area contributed by atoms with Crippen molar-refractivity contribution in [2.75, 3.05) is 19.6 Å². The van der Waals surface area contributed by atoms with Crippen molar-refractivity contribution < 1.29 is 9.00 Å². The molecule has 4 nitrogen and oxygen atoms in total. The van der Waals surface area contributed by atoms with Crippen LogP contribution >= 0.6 is 11.6 Å². The lowest BCUT2D eigenvalue weighted by atomic mass is 9.91. The van der Waals surface area contributed by atoms with Crippen LogP contribution in [-0.4, -0.2) is 35.0 Å². The van der Waals surface area contributed by atoms with Crippen LogP contribution in [0.1, 0.15) is 68.1 Å². The van der Waals surface area contributed by atoms with Gasteiger partial charge < -0.3 is 10.6 Å². The summed E-state index contributed by atoms with van der Waals surface area (Å²) >= 11 is 6.28. The maximum absolute atomic E-state index is 12.9. The lowest BCUT2D eigenvalue weighted by molar-refractivity contribution is 0.0944. The Morgan fingerprint density at radius 1 is 1.07 bits per heavy atom. The molecule has 6 heteroatoms. The van der Waals surface area contributed by atoms with Crippen LogP contribution in [0, 0.1) is 5.92 Å². The summed E-state index contributed by atoms with van der Waals surface area (Å²) in [6.45, 7) is 2.51. The Labute approximate surface area is 170 Å². The number of hydrogen-bond donors (Lipinski definition) is 2. The molecule has 2 fully saturated rings. The number of carbonyl (C=O) groups excluding carboxylic acids is 1. The van der Waals surface area contributed by atoms with E-state index in [1.165, 1.54) is 44.9 Å². The van der Waals surface area contributed by atoms with Gasteiger partial charge >= 0.3 is 0 Å². The van der Waals surface area contributed by atoms with Gasteiger partial charge in [-0.1, -0.05) is 43.7 Å². The van der Waals surface area contributed by atoms with Gasteiger partial charge in [0.15, 0.2) is 0 Å². The first-order valence-corrected chi connectivity index (χ1v) is 11.9. The molecule has 0 spiro atoms. The SMILES string of the molecule is O=C(NCC1CCCCCCC1)c1cc(S(=O)C2CCNCC2)ccc1Cl. The lowest BCUT2D eigenvalue weighted by Crippen LogP contribution is -2.33. The second-order valence-electron chi connectivity index (χ2n) is 7.81. The third-order valence-corrected chi connectivity index (χ3v) is 7.90. The molecule has 1 saturated heterocycles. The van der Waals surface area contributed by atoms with E-state index >= 15 is 0 Å². The Morgan fingerprint density at radius 3 is 2.44 bits per heavy atom. The van der Waals surface area contributed by atoms with Crippen molar-refractivity contribution in [3.8, 4) is 0 Å². The zero-order valence-corrected chi connectivity index (χ0v) is 17.5. The van der Waals surface area contributed by atoms with Crippen molar-refractivity contribution in [3.63, 3.8) is 0 Å². The van der Waals surface area contributed by atoms with E-state index in [4.69, 9.17) is 11.6 Å². The summed E-state index contributed by atoms with van der Waals surface area (Å²) in [5.41, 5.74) is 0.447. The van der Waals surface area contributed by atoms with Crippen LogP contribution in [-0.2, 0) is 10.8 Å². The van der Waals surface area contributed by atoms with Gasteiger partial charge in [0.05, 0.1) is 21.4 Å². The highest BCUT2D eigenvalue weighted by molar-refractivity contribution is 7.85. The van der Waals surface area contributed by atoms with E-state index in [2.05, 4.69) is 10.6 Å². The summed E-state index contributed by atoms with van der Waals surface area (Å²) in [4.78, 5) is 13.4. The molecule has 27 heavy (non-hydrogen) atoms. The molecule has 0 bridgehead atoms. The summed E-state index contributed by atoms with van der Waals surface area (Å²) in [5.74, 6) is 0.409. The number of rotatable bonds is 5. The topological polar surface area (TPSA) is 58.2 Å². The van der Waals surface area contributed by atoms with Gasteiger partial charge in [-0.05, 0) is 62.9 Å². The van der Waals surface area contributed by atoms with Gasteiger partial charge in [0, 0.05) is 16.7 Å². The van der Waals surface area contributed by atoms with Gasteiger partial charge in [-0.15, -0.1) is 0 Å². The van der Waals surface area contributed by atoms with Crippen molar-refractivity contribution in [1.82, 2.24) is 10.6 Å². The number of hydrogen-bond acceptors (Lipinski definition) is 3. The molecule has 0 aromatic heterocycles. The standard InChI is InChI=1S/C21H31ClN2O2S/c22-20-9-8-18(27(26)17-10-12-23-13-11-17)14-19(20)21(25)24-15-16-6-4-2-1-3-5-7-16/h8-9,14,16-17,23H,1-7,10-13,15H2,(H,24,25). The quantitative estimate of drug-likeness (QED) is 0.761. The van der Waals surface area contributed by atoms with E-state index in [-0.39, 0.29) is 11.2 Å². The third-order valence-electron chi connectivity index (χ3n) is 5.78. The fraction of sp³-hybridized carbons (Fsp3) is 0.667. The van der Waals surface area contributed by atoms with E-state index in [9.17, 15) is 9.00 Å². The molecule has 0 radical (unpaired) electrons. The highest BCUT2D eigenvalue weighted by atomic mass is 35.5. The van der Waals surface area contributed by atoms with E-state index < -0.39 is 10.8 Å². The molecule has 1 saturated carbocycles. The molecule has 1 amide bonds. The lowest BCUT2D eigenvalue weighted by Gasteiger charge is -2.22. The van der Waals surface area contributed by atoms with E-state index in [1.54, 1.807) is 18.2 Å². The number of carbonyl (C=O) groups is 1. The van der Waals surface area contributed by atoms with Crippen molar-refractivity contribution in [2.24, 2.45) is 5.92 Å². The molecule has 1 aliphatic heterocycles. The Kier molecular flexibility index (Phi) is 8.16. The average Bonchev–Trinajstić information content (AvgIpc) is 2.67. The Bertz CT molecular complexity index is 654. The smallest absolute Gasteiger partial charge is 0.252 e. The molecule has 1 aliphatic carbocycles. The predicted molar refractivity (Wildman–Crippen MR) is 112 cm³/mol. The summed E-state index contributed by atoms with van der Waals surface area (Å²) < 4.78 is 12.9. The second kappa shape index (κ2) is 10.6. The molecular formula is C21H31ClN2O2S. The Hall–Kier alpha value is -0.910. The predicted octanol–water partition coefficient (Wildman–Crippen LogP) is 4.29. The highest BCUT2D eigenvalue weighted by Crippen LogP contribution is 2.25. The average molecular weight is 411 g/mol. The van der Waals surface area contributed by atoms with E-state index in [0.29, 0.717) is 27.9 Å². The molecule has 1 unspecified atom stereocenters. The Balaban J connectivity index is 1.62. The minimum atomic E-state index is -1.10. The number of halogens is 1. The minimum Gasteiger partial charge on any atom is -0.352 e. The van der Waals surface area contributed by atoms with Gasteiger partial charge in [-0.3, -0.25) is 9.00 Å². The fourth-order valence-corrected chi connectivity index (χ4v) is 5.77. The largest absolute Gasteiger partial charge is 0.352 e. The normalized spacial score (nSPS) is 21.2. The maximum atomic E-state index is 12.9. The second-order valence-corrected chi connectivity index (χ2v) is 9.95. The number of piperidine rings is 1. The zero-order valence-electron chi connectivity index (χ0n) is 16.0. The molecular weight excluding hydrogens is 380 g/mol. The van der Waals surface area contributed by atoms with Crippen molar-refractivity contribution in [1.29, 1.82) is 0 Å². The van der Waals surface area contributed by atoms with Crippen LogP contribution in [0.4, 0.5) is 0 Å². The van der Waals surface area contributed by atoms with Crippen molar-refractivity contribution in [3.05, 3.63) is 28.8 Å². The first-order chi connectivity index (χ1) is 13.1. The summed E-state index contributed by atoms with van der Waals surface area (Å²) in [6.07, 6.45) is 10.6. The van der Waals surface area contributed by atoms with Crippen LogP contribution in [0.15, 0.2) is 23.1 Å². The maximum Gasteiger partial charge on any atom is 0.252 e. The molecule has 1 aromatic carbocycles. The molecule has 2 aliphatic rings. The molecule has 3 rings (SSSR count).